The van der Waals surface area contributed by atoms with Crippen molar-refractivity contribution in [2.75, 3.05) is 26.2 Å². The van der Waals surface area contributed by atoms with Crippen LogP contribution in [0.3, 0.4) is 0 Å². The minimum atomic E-state index is -0.834. The number of carboxylic acid groups (broad SMARTS) is 1. The normalized spacial score (nSPS) is 18.4. The second kappa shape index (κ2) is 8.39. The Morgan fingerprint density at radius 3 is 2.80 bits per heavy atom. The number of carboxylic acids is 1. The molecule has 1 saturated heterocycles. The van der Waals surface area contributed by atoms with E-state index in [9.17, 15) is 14.4 Å². The Kier molecular flexibility index (Phi) is 6.83. The molecular formula is C13H22N2O5. The molecule has 7 heteroatoms. The van der Waals surface area contributed by atoms with Gasteiger partial charge in [0.2, 0.25) is 0 Å². The molecule has 0 aromatic rings. The van der Waals surface area contributed by atoms with E-state index in [0.717, 1.165) is 12.8 Å². The van der Waals surface area contributed by atoms with Gasteiger partial charge in [-0.3, -0.25) is 9.59 Å². The third-order valence-corrected chi connectivity index (χ3v) is 3.18. The van der Waals surface area contributed by atoms with Gasteiger partial charge < -0.3 is 20.1 Å². The van der Waals surface area contributed by atoms with E-state index in [2.05, 4.69) is 5.32 Å². The lowest BCUT2D eigenvalue weighted by atomic mass is 9.95. The number of aliphatic carboxylic acids is 1. The summed E-state index contributed by atoms with van der Waals surface area (Å²) >= 11 is 0. The van der Waals surface area contributed by atoms with Crippen LogP contribution < -0.4 is 5.32 Å². The predicted molar refractivity (Wildman–Crippen MR) is 71.2 cm³/mol. The smallest absolute Gasteiger partial charge is 0.317 e. The molecule has 2 amide bonds. The second-order valence-electron chi connectivity index (χ2n) is 4.84. The predicted octanol–water partition coefficient (Wildman–Crippen LogP) is 0.836. The molecule has 1 unspecified atom stereocenters. The van der Waals surface area contributed by atoms with Gasteiger partial charge in [-0.15, -0.1) is 0 Å². The van der Waals surface area contributed by atoms with Crippen molar-refractivity contribution in [1.29, 1.82) is 0 Å². The van der Waals surface area contributed by atoms with Crippen molar-refractivity contribution in [3.63, 3.8) is 0 Å². The fourth-order valence-electron chi connectivity index (χ4n) is 2.28. The molecule has 1 rings (SSSR count). The average Bonchev–Trinajstić information content (AvgIpc) is 2.38. The minimum Gasteiger partial charge on any atom is -0.481 e. The number of urea groups is 1. The molecule has 7 nitrogen and oxygen atoms in total. The van der Waals surface area contributed by atoms with Gasteiger partial charge in [0.05, 0.1) is 13.0 Å². The molecule has 0 radical (unpaired) electrons. The number of ether oxygens (including phenoxy) is 1. The molecule has 1 aliphatic heterocycles. The summed E-state index contributed by atoms with van der Waals surface area (Å²) < 4.78 is 4.76. The number of nitrogens with zero attached hydrogens (tertiary/aromatic N) is 1. The first-order valence-electron chi connectivity index (χ1n) is 6.93. The van der Waals surface area contributed by atoms with E-state index in [4.69, 9.17) is 9.84 Å². The zero-order valence-corrected chi connectivity index (χ0v) is 11.8. The van der Waals surface area contributed by atoms with Crippen LogP contribution in [-0.4, -0.2) is 54.2 Å². The van der Waals surface area contributed by atoms with E-state index in [1.165, 1.54) is 0 Å². The Balaban J connectivity index is 2.28. The SMILES string of the molecule is CCOC(=O)CCNC(=O)N1CCCC(CC(=O)O)C1. The van der Waals surface area contributed by atoms with Crippen LogP contribution in [0.15, 0.2) is 0 Å². The number of piperidine rings is 1. The Labute approximate surface area is 118 Å². The van der Waals surface area contributed by atoms with Crippen molar-refractivity contribution >= 4 is 18.0 Å². The molecule has 0 saturated carbocycles. The van der Waals surface area contributed by atoms with Gasteiger partial charge in [-0.2, -0.15) is 0 Å². The molecule has 2 N–H and O–H groups in total. The van der Waals surface area contributed by atoms with E-state index in [1.54, 1.807) is 11.8 Å². The fourth-order valence-corrected chi connectivity index (χ4v) is 2.28. The first kappa shape index (κ1) is 16.3. The van der Waals surface area contributed by atoms with Gasteiger partial charge in [0, 0.05) is 26.1 Å². The summed E-state index contributed by atoms with van der Waals surface area (Å²) in [6.07, 6.45) is 1.88. The van der Waals surface area contributed by atoms with Crippen LogP contribution in [0.4, 0.5) is 4.79 Å². The topological polar surface area (TPSA) is 95.9 Å². The zero-order valence-electron chi connectivity index (χ0n) is 11.8. The quantitative estimate of drug-likeness (QED) is 0.705. The molecule has 1 aliphatic rings. The average molecular weight is 286 g/mol. The summed E-state index contributed by atoms with van der Waals surface area (Å²) in [4.78, 5) is 35.3. The highest BCUT2D eigenvalue weighted by Crippen LogP contribution is 2.19. The summed E-state index contributed by atoms with van der Waals surface area (Å²) in [6, 6.07) is -0.246. The molecule has 1 heterocycles. The molecule has 1 atom stereocenters. The standard InChI is InChI=1S/C13H22N2O5/c1-2-20-12(18)5-6-14-13(19)15-7-3-4-10(9-15)8-11(16)17/h10H,2-9H2,1H3,(H,14,19)(H,16,17). The third-order valence-electron chi connectivity index (χ3n) is 3.18. The zero-order chi connectivity index (χ0) is 15.0. The van der Waals surface area contributed by atoms with Crippen LogP contribution in [0.25, 0.3) is 0 Å². The maximum Gasteiger partial charge on any atom is 0.317 e. The lowest BCUT2D eigenvalue weighted by Crippen LogP contribution is -2.46. The van der Waals surface area contributed by atoms with Gasteiger partial charge in [-0.25, -0.2) is 4.79 Å². The Morgan fingerprint density at radius 2 is 2.15 bits per heavy atom. The van der Waals surface area contributed by atoms with Gasteiger partial charge in [0.15, 0.2) is 0 Å². The van der Waals surface area contributed by atoms with Crippen molar-refractivity contribution in [3.05, 3.63) is 0 Å². The molecule has 0 spiro atoms. The van der Waals surface area contributed by atoms with Crippen LogP contribution in [0.1, 0.15) is 32.6 Å². The van der Waals surface area contributed by atoms with E-state index in [-0.39, 0.29) is 37.3 Å². The number of hydrogen-bond acceptors (Lipinski definition) is 4. The van der Waals surface area contributed by atoms with E-state index in [0.29, 0.717) is 19.7 Å². The second-order valence-corrected chi connectivity index (χ2v) is 4.84. The molecule has 20 heavy (non-hydrogen) atoms. The van der Waals surface area contributed by atoms with Gasteiger partial charge in [-0.1, -0.05) is 0 Å². The van der Waals surface area contributed by atoms with Crippen molar-refractivity contribution in [2.45, 2.75) is 32.6 Å². The maximum atomic E-state index is 11.9. The Hall–Kier alpha value is -1.79. The van der Waals surface area contributed by atoms with E-state index in [1.807, 2.05) is 0 Å². The molecule has 0 bridgehead atoms. The lowest BCUT2D eigenvalue weighted by molar-refractivity contribution is -0.143. The number of nitrogens with one attached hydrogen (secondary N) is 1. The molecule has 0 aliphatic carbocycles. The summed E-state index contributed by atoms with van der Waals surface area (Å²) in [5.41, 5.74) is 0. The van der Waals surface area contributed by atoms with Crippen LogP contribution in [0.5, 0.6) is 0 Å². The number of carbonyl (C=O) groups excluding carboxylic acids is 2. The molecule has 0 aromatic heterocycles. The molecule has 114 valence electrons. The lowest BCUT2D eigenvalue weighted by Gasteiger charge is -2.32. The van der Waals surface area contributed by atoms with E-state index >= 15 is 0 Å². The van der Waals surface area contributed by atoms with Crippen LogP contribution >= 0.6 is 0 Å². The summed E-state index contributed by atoms with van der Waals surface area (Å²) in [7, 11) is 0. The van der Waals surface area contributed by atoms with Crippen molar-refractivity contribution in [1.82, 2.24) is 10.2 Å². The van der Waals surface area contributed by atoms with E-state index < -0.39 is 5.97 Å². The number of amides is 2. The van der Waals surface area contributed by atoms with Gasteiger partial charge >= 0.3 is 18.0 Å². The highest BCUT2D eigenvalue weighted by molar-refractivity contribution is 5.76. The fraction of sp³-hybridized carbons (Fsp3) is 0.769. The molecular weight excluding hydrogens is 264 g/mol. The van der Waals surface area contributed by atoms with Gasteiger partial charge in [0.25, 0.3) is 0 Å². The summed E-state index contributed by atoms with van der Waals surface area (Å²) in [5.74, 6) is -1.16. The van der Waals surface area contributed by atoms with Gasteiger partial charge in [0.1, 0.15) is 0 Å². The van der Waals surface area contributed by atoms with Crippen LogP contribution in [0.2, 0.25) is 0 Å². The van der Waals surface area contributed by atoms with Crippen molar-refractivity contribution < 1.29 is 24.2 Å². The number of hydrogen-bond donors (Lipinski definition) is 2. The Bertz CT molecular complexity index is 359. The van der Waals surface area contributed by atoms with Gasteiger partial charge in [-0.05, 0) is 25.7 Å². The number of carbonyl (C=O) groups is 3. The number of likely N-dealkylation sites (tertiary alicyclic amines) is 1. The summed E-state index contributed by atoms with van der Waals surface area (Å²) in [6.45, 7) is 3.37. The highest BCUT2D eigenvalue weighted by Gasteiger charge is 2.25. The van der Waals surface area contributed by atoms with Crippen molar-refractivity contribution in [3.8, 4) is 0 Å². The number of esters is 1. The van der Waals surface area contributed by atoms with Crippen molar-refractivity contribution in [2.24, 2.45) is 5.92 Å². The van der Waals surface area contributed by atoms with Crippen LogP contribution in [-0.2, 0) is 14.3 Å². The minimum absolute atomic E-state index is 0.0112. The maximum absolute atomic E-state index is 11.9. The molecule has 0 aromatic carbocycles. The summed E-state index contributed by atoms with van der Waals surface area (Å²) in [5, 5.41) is 11.4. The highest BCUT2D eigenvalue weighted by atomic mass is 16.5. The monoisotopic (exact) mass is 286 g/mol. The van der Waals surface area contributed by atoms with Crippen LogP contribution in [0, 0.1) is 5.92 Å². The first-order valence-corrected chi connectivity index (χ1v) is 6.93. The molecule has 1 fully saturated rings. The third kappa shape index (κ3) is 5.90. The number of rotatable bonds is 6. The first-order chi connectivity index (χ1) is 9.52. The largest absolute Gasteiger partial charge is 0.481 e. The Morgan fingerprint density at radius 1 is 1.40 bits per heavy atom.